The second-order valence-corrected chi connectivity index (χ2v) is 6.96. The Morgan fingerprint density at radius 3 is 2.05 bits per heavy atom. The minimum absolute atomic E-state index is 1.12. The highest BCUT2D eigenvalue weighted by molar-refractivity contribution is 7.12. The number of benzene rings is 2. The predicted octanol–water partition coefficient (Wildman–Crippen LogP) is 5.82. The molecule has 0 radical (unpaired) electrons. The number of thiophene rings is 1. The molecule has 0 nitrogen and oxygen atoms in total. The van der Waals surface area contributed by atoms with E-state index in [0.29, 0.717) is 0 Å². The first-order valence-electron chi connectivity index (χ1n) is 7.42. The molecule has 0 N–H and O–H groups in total. The van der Waals surface area contributed by atoms with Gasteiger partial charge in [0, 0.05) is 9.75 Å². The highest BCUT2D eigenvalue weighted by Gasteiger charge is 2.03. The fourth-order valence-electron chi connectivity index (χ4n) is 2.71. The monoisotopic (exact) mass is 292 g/mol. The Kier molecular flexibility index (Phi) is 4.21. The van der Waals surface area contributed by atoms with Crippen molar-refractivity contribution in [3.63, 3.8) is 0 Å². The molecule has 0 amide bonds. The van der Waals surface area contributed by atoms with Gasteiger partial charge in [0.2, 0.25) is 0 Å². The lowest BCUT2D eigenvalue weighted by Crippen LogP contribution is -1.91. The zero-order valence-electron chi connectivity index (χ0n) is 12.6. The number of hydrogen-bond acceptors (Lipinski definition) is 1. The molecule has 0 saturated carbocycles. The van der Waals surface area contributed by atoms with Crippen LogP contribution in [0.2, 0.25) is 0 Å². The summed E-state index contributed by atoms with van der Waals surface area (Å²) in [4.78, 5) is 2.88. The molecular weight excluding hydrogens is 272 g/mol. The number of rotatable bonds is 4. The molecule has 0 spiro atoms. The average Bonchev–Trinajstić information content (AvgIpc) is 2.84. The van der Waals surface area contributed by atoms with E-state index in [2.05, 4.69) is 74.5 Å². The van der Waals surface area contributed by atoms with Crippen molar-refractivity contribution in [2.45, 2.75) is 26.7 Å². The first kappa shape index (κ1) is 14.1. The van der Waals surface area contributed by atoms with Gasteiger partial charge in [0.05, 0.1) is 0 Å². The molecule has 0 bridgehead atoms. The van der Waals surface area contributed by atoms with E-state index in [1.165, 1.54) is 32.0 Å². The van der Waals surface area contributed by atoms with Gasteiger partial charge in [-0.05, 0) is 55.0 Å². The summed E-state index contributed by atoms with van der Waals surface area (Å²) in [5.41, 5.74) is 5.50. The topological polar surface area (TPSA) is 0 Å². The van der Waals surface area contributed by atoms with Gasteiger partial charge in [0.15, 0.2) is 0 Å². The Morgan fingerprint density at radius 2 is 1.43 bits per heavy atom. The van der Waals surface area contributed by atoms with Crippen LogP contribution in [0.5, 0.6) is 0 Å². The first-order valence-corrected chi connectivity index (χ1v) is 8.24. The molecule has 0 saturated heterocycles. The quantitative estimate of drug-likeness (QED) is 0.568. The number of hydrogen-bond donors (Lipinski definition) is 0. The van der Waals surface area contributed by atoms with Gasteiger partial charge >= 0.3 is 0 Å². The maximum Gasteiger partial charge on any atom is 0.00491 e. The van der Waals surface area contributed by atoms with Gasteiger partial charge in [-0.3, -0.25) is 0 Å². The van der Waals surface area contributed by atoms with E-state index in [9.17, 15) is 0 Å². The summed E-state index contributed by atoms with van der Waals surface area (Å²) in [6.45, 7) is 4.42. The third-order valence-corrected chi connectivity index (χ3v) is 4.90. The van der Waals surface area contributed by atoms with Gasteiger partial charge in [0.1, 0.15) is 0 Å². The maximum atomic E-state index is 2.33. The van der Waals surface area contributed by atoms with Crippen molar-refractivity contribution >= 4 is 11.3 Å². The van der Waals surface area contributed by atoms with E-state index in [0.717, 1.165) is 12.8 Å². The minimum Gasteiger partial charge on any atom is -0.146 e. The summed E-state index contributed by atoms with van der Waals surface area (Å²) in [6, 6.07) is 21.9. The zero-order valence-corrected chi connectivity index (χ0v) is 13.4. The second kappa shape index (κ2) is 6.28. The first-order chi connectivity index (χ1) is 10.2. The largest absolute Gasteiger partial charge is 0.146 e. The van der Waals surface area contributed by atoms with Crippen molar-refractivity contribution in [3.05, 3.63) is 81.5 Å². The molecule has 3 aromatic rings. The Bertz CT molecular complexity index is 705. The Morgan fingerprint density at radius 1 is 0.762 bits per heavy atom. The lowest BCUT2D eigenvalue weighted by atomic mass is 10.0. The van der Waals surface area contributed by atoms with Crippen LogP contribution in [-0.4, -0.2) is 0 Å². The van der Waals surface area contributed by atoms with Gasteiger partial charge in [-0.15, -0.1) is 11.3 Å². The molecule has 3 rings (SSSR count). The Balaban J connectivity index is 1.69. The van der Waals surface area contributed by atoms with Crippen molar-refractivity contribution < 1.29 is 0 Å². The van der Waals surface area contributed by atoms with Crippen LogP contribution in [0.25, 0.3) is 11.1 Å². The summed E-state index contributed by atoms with van der Waals surface area (Å²) < 4.78 is 0. The molecule has 106 valence electrons. The summed E-state index contributed by atoms with van der Waals surface area (Å²) in [5, 5.41) is 0. The molecule has 2 aromatic carbocycles. The Hall–Kier alpha value is -1.86. The van der Waals surface area contributed by atoms with Crippen molar-refractivity contribution in [3.8, 4) is 11.1 Å². The average molecular weight is 292 g/mol. The SMILES string of the molecule is Cc1cc(CCc2ccc(-c3ccccc3)cc2)c(C)s1. The van der Waals surface area contributed by atoms with Crippen LogP contribution in [0, 0.1) is 13.8 Å². The molecule has 0 atom stereocenters. The van der Waals surface area contributed by atoms with Crippen LogP contribution in [0.1, 0.15) is 20.9 Å². The van der Waals surface area contributed by atoms with Crippen molar-refractivity contribution in [2.75, 3.05) is 0 Å². The van der Waals surface area contributed by atoms with Gasteiger partial charge in [0.25, 0.3) is 0 Å². The third kappa shape index (κ3) is 3.43. The fraction of sp³-hybridized carbons (Fsp3) is 0.200. The molecule has 0 fully saturated rings. The van der Waals surface area contributed by atoms with E-state index in [1.807, 2.05) is 11.3 Å². The highest BCUT2D eigenvalue weighted by Crippen LogP contribution is 2.23. The lowest BCUT2D eigenvalue weighted by Gasteiger charge is -2.05. The standard InChI is InChI=1S/C20H20S/c1-15-14-20(16(2)21-15)13-10-17-8-11-19(12-9-17)18-6-4-3-5-7-18/h3-9,11-12,14H,10,13H2,1-2H3. The lowest BCUT2D eigenvalue weighted by molar-refractivity contribution is 0.957. The second-order valence-electron chi connectivity index (χ2n) is 5.50. The molecule has 0 aliphatic heterocycles. The van der Waals surface area contributed by atoms with Crippen molar-refractivity contribution in [2.24, 2.45) is 0 Å². The molecule has 21 heavy (non-hydrogen) atoms. The predicted molar refractivity (Wildman–Crippen MR) is 93.1 cm³/mol. The van der Waals surface area contributed by atoms with Crippen LogP contribution in [-0.2, 0) is 12.8 Å². The van der Waals surface area contributed by atoms with Crippen LogP contribution in [0.4, 0.5) is 0 Å². The van der Waals surface area contributed by atoms with E-state index in [1.54, 1.807) is 0 Å². The van der Waals surface area contributed by atoms with Gasteiger partial charge in [-0.25, -0.2) is 0 Å². The fourth-order valence-corrected chi connectivity index (χ4v) is 3.68. The molecule has 0 unspecified atom stereocenters. The third-order valence-electron chi connectivity index (χ3n) is 3.89. The summed E-state index contributed by atoms with van der Waals surface area (Å²) in [6.07, 6.45) is 2.26. The zero-order chi connectivity index (χ0) is 14.7. The molecular formula is C20H20S. The van der Waals surface area contributed by atoms with E-state index < -0.39 is 0 Å². The smallest absolute Gasteiger partial charge is 0.00491 e. The van der Waals surface area contributed by atoms with E-state index in [-0.39, 0.29) is 0 Å². The highest BCUT2D eigenvalue weighted by atomic mass is 32.1. The molecule has 0 aliphatic carbocycles. The molecule has 0 aliphatic rings. The summed E-state index contributed by atoms with van der Waals surface area (Å²) >= 11 is 1.90. The van der Waals surface area contributed by atoms with E-state index >= 15 is 0 Å². The molecule has 1 heteroatoms. The normalized spacial score (nSPS) is 10.8. The van der Waals surface area contributed by atoms with Crippen molar-refractivity contribution in [1.29, 1.82) is 0 Å². The maximum absolute atomic E-state index is 2.33. The summed E-state index contributed by atoms with van der Waals surface area (Å²) in [5.74, 6) is 0. The van der Waals surface area contributed by atoms with E-state index in [4.69, 9.17) is 0 Å². The van der Waals surface area contributed by atoms with Gasteiger partial charge in [-0.1, -0.05) is 54.6 Å². The molecule has 1 aromatic heterocycles. The van der Waals surface area contributed by atoms with Gasteiger partial charge < -0.3 is 0 Å². The summed E-state index contributed by atoms with van der Waals surface area (Å²) in [7, 11) is 0. The molecule has 1 heterocycles. The van der Waals surface area contributed by atoms with Crippen LogP contribution >= 0.6 is 11.3 Å². The van der Waals surface area contributed by atoms with Crippen LogP contribution in [0.3, 0.4) is 0 Å². The van der Waals surface area contributed by atoms with Crippen LogP contribution < -0.4 is 0 Å². The van der Waals surface area contributed by atoms with Crippen molar-refractivity contribution in [1.82, 2.24) is 0 Å². The van der Waals surface area contributed by atoms with Crippen LogP contribution in [0.15, 0.2) is 60.7 Å². The van der Waals surface area contributed by atoms with Gasteiger partial charge in [-0.2, -0.15) is 0 Å². The Labute approximate surface area is 131 Å². The minimum atomic E-state index is 1.12. The number of aryl methyl sites for hydroxylation is 4.